The van der Waals surface area contributed by atoms with E-state index in [2.05, 4.69) is 0 Å². The van der Waals surface area contributed by atoms with Gasteiger partial charge in [-0.2, -0.15) is 0 Å². The lowest BCUT2D eigenvalue weighted by atomic mass is 10.1. The number of ketones is 1. The quantitative estimate of drug-likeness (QED) is 0.621. The number of allylic oxidation sites excluding steroid dienone is 1. The highest BCUT2D eigenvalue weighted by molar-refractivity contribution is 6.08. The van der Waals surface area contributed by atoms with Gasteiger partial charge in [-0.3, -0.25) is 4.79 Å². The Bertz CT molecular complexity index is 704. The molecule has 0 heterocycles. The SMILES string of the molecule is COc1ccc(OC)c(C(=O)/C=C/c2c(F)cccc2F)c1. The first-order valence-corrected chi connectivity index (χ1v) is 6.45. The minimum atomic E-state index is -0.735. The fourth-order valence-electron chi connectivity index (χ4n) is 1.93. The standard InChI is InChI=1S/C17H14F2O3/c1-21-11-6-9-17(22-2)13(10-11)16(20)8-7-12-14(18)4-3-5-15(12)19/h3-10H,1-2H3/b8-7+. The Morgan fingerprint density at radius 2 is 1.73 bits per heavy atom. The molecule has 5 heteroatoms. The maximum absolute atomic E-state index is 13.5. The summed E-state index contributed by atoms with van der Waals surface area (Å²) in [6.07, 6.45) is 2.20. The van der Waals surface area contributed by atoms with Crippen molar-refractivity contribution in [3.8, 4) is 11.5 Å². The van der Waals surface area contributed by atoms with Gasteiger partial charge in [0.2, 0.25) is 0 Å². The average molecular weight is 304 g/mol. The van der Waals surface area contributed by atoms with Crippen LogP contribution in [0, 0.1) is 11.6 Å². The van der Waals surface area contributed by atoms with Gasteiger partial charge in [0, 0.05) is 5.56 Å². The van der Waals surface area contributed by atoms with E-state index in [1.807, 2.05) is 0 Å². The van der Waals surface area contributed by atoms with E-state index in [4.69, 9.17) is 9.47 Å². The van der Waals surface area contributed by atoms with Gasteiger partial charge in [-0.05, 0) is 42.5 Å². The Labute approximate surface area is 126 Å². The summed E-state index contributed by atoms with van der Waals surface area (Å²) in [7, 11) is 2.90. The van der Waals surface area contributed by atoms with E-state index in [0.717, 1.165) is 24.3 Å². The second-order valence-electron chi connectivity index (χ2n) is 4.40. The highest BCUT2D eigenvalue weighted by atomic mass is 19.1. The first-order chi connectivity index (χ1) is 10.6. The molecule has 2 aromatic carbocycles. The fourth-order valence-corrected chi connectivity index (χ4v) is 1.93. The third kappa shape index (κ3) is 3.31. The van der Waals surface area contributed by atoms with E-state index in [1.165, 1.54) is 26.4 Å². The Hall–Kier alpha value is -2.69. The average Bonchev–Trinajstić information content (AvgIpc) is 2.53. The van der Waals surface area contributed by atoms with Crippen LogP contribution in [0.4, 0.5) is 8.78 Å². The molecule has 2 aromatic rings. The molecule has 114 valence electrons. The van der Waals surface area contributed by atoms with Gasteiger partial charge >= 0.3 is 0 Å². The summed E-state index contributed by atoms with van der Waals surface area (Å²) in [5.74, 6) is -1.08. The largest absolute Gasteiger partial charge is 0.497 e. The highest BCUT2D eigenvalue weighted by Gasteiger charge is 2.12. The van der Waals surface area contributed by atoms with Crippen LogP contribution >= 0.6 is 0 Å². The first kappa shape index (κ1) is 15.7. The molecule has 0 N–H and O–H groups in total. The molecule has 0 radical (unpaired) electrons. The van der Waals surface area contributed by atoms with E-state index in [0.29, 0.717) is 11.5 Å². The molecular formula is C17H14F2O3. The summed E-state index contributed by atoms with van der Waals surface area (Å²) in [4.78, 5) is 12.2. The molecule has 0 atom stereocenters. The molecule has 0 aliphatic carbocycles. The van der Waals surface area contributed by atoms with Crippen LogP contribution < -0.4 is 9.47 Å². The smallest absolute Gasteiger partial charge is 0.189 e. The summed E-state index contributed by atoms with van der Waals surface area (Å²) >= 11 is 0. The van der Waals surface area contributed by atoms with Crippen molar-refractivity contribution >= 4 is 11.9 Å². The van der Waals surface area contributed by atoms with Crippen LogP contribution in [0.3, 0.4) is 0 Å². The van der Waals surface area contributed by atoms with Crippen molar-refractivity contribution in [1.82, 2.24) is 0 Å². The van der Waals surface area contributed by atoms with Gasteiger partial charge in [-0.1, -0.05) is 6.07 Å². The lowest BCUT2D eigenvalue weighted by Gasteiger charge is -2.08. The van der Waals surface area contributed by atoms with Gasteiger partial charge in [0.1, 0.15) is 23.1 Å². The van der Waals surface area contributed by atoms with Crippen molar-refractivity contribution in [3.05, 3.63) is 65.2 Å². The lowest BCUT2D eigenvalue weighted by Crippen LogP contribution is -2.00. The van der Waals surface area contributed by atoms with E-state index in [9.17, 15) is 13.6 Å². The van der Waals surface area contributed by atoms with Crippen LogP contribution in [0.2, 0.25) is 0 Å². The summed E-state index contributed by atoms with van der Waals surface area (Å²) in [5.41, 5.74) is -0.0208. The van der Waals surface area contributed by atoms with Gasteiger partial charge < -0.3 is 9.47 Å². The molecule has 0 aliphatic heterocycles. The van der Waals surface area contributed by atoms with Gasteiger partial charge in [-0.15, -0.1) is 0 Å². The second-order valence-corrected chi connectivity index (χ2v) is 4.40. The van der Waals surface area contributed by atoms with E-state index < -0.39 is 17.4 Å². The number of ether oxygens (including phenoxy) is 2. The second kappa shape index (κ2) is 6.85. The van der Waals surface area contributed by atoms with Crippen molar-refractivity contribution < 1.29 is 23.0 Å². The normalized spacial score (nSPS) is 10.7. The molecular weight excluding hydrogens is 290 g/mol. The van der Waals surface area contributed by atoms with Crippen LogP contribution in [0.5, 0.6) is 11.5 Å². The van der Waals surface area contributed by atoms with Gasteiger partial charge in [0.25, 0.3) is 0 Å². The summed E-state index contributed by atoms with van der Waals surface area (Å²) < 4.78 is 37.2. The van der Waals surface area contributed by atoms with Crippen molar-refractivity contribution in [2.75, 3.05) is 14.2 Å². The molecule has 0 saturated carbocycles. The number of hydrogen-bond acceptors (Lipinski definition) is 3. The van der Waals surface area contributed by atoms with Crippen molar-refractivity contribution in [2.45, 2.75) is 0 Å². The number of methoxy groups -OCH3 is 2. The van der Waals surface area contributed by atoms with Crippen LogP contribution in [-0.4, -0.2) is 20.0 Å². The Morgan fingerprint density at radius 1 is 1.05 bits per heavy atom. The van der Waals surface area contributed by atoms with Crippen molar-refractivity contribution in [3.63, 3.8) is 0 Å². The number of benzene rings is 2. The predicted octanol–water partition coefficient (Wildman–Crippen LogP) is 3.88. The topological polar surface area (TPSA) is 35.5 Å². The van der Waals surface area contributed by atoms with Crippen molar-refractivity contribution in [1.29, 1.82) is 0 Å². The number of rotatable bonds is 5. The zero-order valence-electron chi connectivity index (χ0n) is 12.1. The minimum absolute atomic E-state index is 0.245. The number of halogens is 2. The molecule has 0 bridgehead atoms. The molecule has 0 unspecified atom stereocenters. The first-order valence-electron chi connectivity index (χ1n) is 6.45. The van der Waals surface area contributed by atoms with Crippen LogP contribution in [0.25, 0.3) is 6.08 Å². The third-order valence-electron chi connectivity index (χ3n) is 3.07. The summed E-state index contributed by atoms with van der Waals surface area (Å²) in [5, 5.41) is 0. The molecule has 0 spiro atoms. The van der Waals surface area contributed by atoms with Crippen molar-refractivity contribution in [2.24, 2.45) is 0 Å². The van der Waals surface area contributed by atoms with Crippen LogP contribution in [0.15, 0.2) is 42.5 Å². The molecule has 0 aliphatic rings. The minimum Gasteiger partial charge on any atom is -0.497 e. The van der Waals surface area contributed by atoms with E-state index in [-0.39, 0.29) is 11.1 Å². The third-order valence-corrected chi connectivity index (χ3v) is 3.07. The molecule has 0 aromatic heterocycles. The van der Waals surface area contributed by atoms with Crippen LogP contribution in [-0.2, 0) is 0 Å². The molecule has 3 nitrogen and oxygen atoms in total. The monoisotopic (exact) mass is 304 g/mol. The Balaban J connectivity index is 2.35. The number of carbonyl (C=O) groups excluding carboxylic acids is 1. The van der Waals surface area contributed by atoms with Gasteiger partial charge in [0.05, 0.1) is 19.8 Å². The number of hydrogen-bond donors (Lipinski definition) is 0. The number of carbonyl (C=O) groups is 1. The summed E-state index contributed by atoms with van der Waals surface area (Å²) in [6, 6.07) is 8.25. The maximum Gasteiger partial charge on any atom is 0.189 e. The molecule has 22 heavy (non-hydrogen) atoms. The fraction of sp³-hybridized carbons (Fsp3) is 0.118. The van der Waals surface area contributed by atoms with Crippen LogP contribution in [0.1, 0.15) is 15.9 Å². The Morgan fingerprint density at radius 3 is 2.32 bits per heavy atom. The maximum atomic E-state index is 13.5. The zero-order valence-corrected chi connectivity index (χ0v) is 12.1. The van der Waals surface area contributed by atoms with Gasteiger partial charge in [0.15, 0.2) is 5.78 Å². The molecule has 2 rings (SSSR count). The van der Waals surface area contributed by atoms with E-state index in [1.54, 1.807) is 12.1 Å². The van der Waals surface area contributed by atoms with E-state index >= 15 is 0 Å². The zero-order chi connectivity index (χ0) is 16.1. The summed E-state index contributed by atoms with van der Waals surface area (Å²) in [6.45, 7) is 0. The van der Waals surface area contributed by atoms with Gasteiger partial charge in [-0.25, -0.2) is 8.78 Å². The lowest BCUT2D eigenvalue weighted by molar-refractivity contribution is 0.104. The molecule has 0 amide bonds. The highest BCUT2D eigenvalue weighted by Crippen LogP contribution is 2.25. The Kier molecular flexibility index (Phi) is 4.88. The molecule has 0 fully saturated rings. The molecule has 0 saturated heterocycles. The predicted molar refractivity (Wildman–Crippen MR) is 79.3 cm³/mol.